The van der Waals surface area contributed by atoms with Crippen LogP contribution in [0, 0.1) is 0 Å². The van der Waals surface area contributed by atoms with E-state index in [1.165, 1.54) is 18.4 Å². The summed E-state index contributed by atoms with van der Waals surface area (Å²) in [5.41, 5.74) is 1.38. The molecule has 1 fully saturated rings. The van der Waals surface area contributed by atoms with E-state index in [2.05, 4.69) is 42.6 Å². The first-order valence-electron chi connectivity index (χ1n) is 6.29. The van der Waals surface area contributed by atoms with Crippen molar-refractivity contribution in [3.8, 4) is 0 Å². The summed E-state index contributed by atoms with van der Waals surface area (Å²) in [4.78, 5) is 0. The highest BCUT2D eigenvalue weighted by molar-refractivity contribution is 5.18. The Morgan fingerprint density at radius 1 is 1.38 bits per heavy atom. The first-order valence-corrected chi connectivity index (χ1v) is 6.29. The largest absolute Gasteiger partial charge is 0.380 e. The Labute approximate surface area is 98.0 Å². The lowest BCUT2D eigenvalue weighted by Crippen LogP contribution is -2.38. The minimum Gasteiger partial charge on any atom is -0.380 e. The van der Waals surface area contributed by atoms with Crippen LogP contribution < -0.4 is 5.32 Å². The summed E-state index contributed by atoms with van der Waals surface area (Å²) in [5, 5.41) is 3.70. The molecule has 0 spiro atoms. The summed E-state index contributed by atoms with van der Waals surface area (Å²) < 4.78 is 5.50. The monoisotopic (exact) mass is 219 g/mol. The zero-order valence-corrected chi connectivity index (χ0v) is 9.99. The maximum Gasteiger partial charge on any atom is 0.0619 e. The average Bonchev–Trinajstić information content (AvgIpc) is 2.38. The molecule has 0 amide bonds. The standard InChI is InChI=1S/C14H21NO/c1-2-14(12-7-4-3-5-8-12)15-13-9-6-10-16-11-13/h3-5,7-8,13-15H,2,6,9-11H2,1H3. The van der Waals surface area contributed by atoms with Gasteiger partial charge in [0.1, 0.15) is 0 Å². The van der Waals surface area contributed by atoms with Crippen LogP contribution in [0.1, 0.15) is 37.8 Å². The fourth-order valence-corrected chi connectivity index (χ4v) is 2.29. The van der Waals surface area contributed by atoms with Crippen molar-refractivity contribution in [2.75, 3.05) is 13.2 Å². The second kappa shape index (κ2) is 6.02. The Kier molecular flexibility index (Phi) is 4.37. The number of hydrogen-bond acceptors (Lipinski definition) is 2. The van der Waals surface area contributed by atoms with E-state index in [1.54, 1.807) is 0 Å². The molecule has 2 nitrogen and oxygen atoms in total. The third-order valence-corrected chi connectivity index (χ3v) is 3.21. The molecular weight excluding hydrogens is 198 g/mol. The SMILES string of the molecule is CCC(NC1CCCOC1)c1ccccc1. The molecule has 0 aliphatic carbocycles. The van der Waals surface area contributed by atoms with Gasteiger partial charge in [0.05, 0.1) is 6.61 Å². The van der Waals surface area contributed by atoms with Gasteiger partial charge < -0.3 is 10.1 Å². The second-order valence-electron chi connectivity index (χ2n) is 4.45. The Bertz CT molecular complexity index is 293. The molecule has 1 aromatic rings. The maximum absolute atomic E-state index is 5.50. The molecule has 2 rings (SSSR count). The minimum atomic E-state index is 0.466. The highest BCUT2D eigenvalue weighted by Gasteiger charge is 2.17. The van der Waals surface area contributed by atoms with Crippen LogP contribution >= 0.6 is 0 Å². The topological polar surface area (TPSA) is 21.3 Å². The van der Waals surface area contributed by atoms with E-state index in [-0.39, 0.29) is 0 Å². The Morgan fingerprint density at radius 2 is 2.19 bits per heavy atom. The van der Waals surface area contributed by atoms with Gasteiger partial charge in [-0.1, -0.05) is 37.3 Å². The minimum absolute atomic E-state index is 0.466. The second-order valence-corrected chi connectivity index (χ2v) is 4.45. The van der Waals surface area contributed by atoms with Gasteiger partial charge in [-0.15, -0.1) is 0 Å². The molecule has 16 heavy (non-hydrogen) atoms. The van der Waals surface area contributed by atoms with Crippen LogP contribution in [-0.4, -0.2) is 19.3 Å². The molecule has 1 aromatic carbocycles. The Balaban J connectivity index is 1.94. The van der Waals surface area contributed by atoms with Crippen LogP contribution in [0.4, 0.5) is 0 Å². The summed E-state index contributed by atoms with van der Waals surface area (Å²) in [5.74, 6) is 0. The molecule has 1 heterocycles. The quantitative estimate of drug-likeness (QED) is 0.840. The van der Waals surface area contributed by atoms with Gasteiger partial charge in [0, 0.05) is 18.7 Å². The average molecular weight is 219 g/mol. The van der Waals surface area contributed by atoms with E-state index in [4.69, 9.17) is 4.74 Å². The molecule has 0 bridgehead atoms. The van der Waals surface area contributed by atoms with E-state index in [1.807, 2.05) is 0 Å². The van der Waals surface area contributed by atoms with E-state index < -0.39 is 0 Å². The molecule has 0 saturated carbocycles. The molecular formula is C14H21NO. The van der Waals surface area contributed by atoms with Gasteiger partial charge in [-0.05, 0) is 24.8 Å². The van der Waals surface area contributed by atoms with Crippen molar-refractivity contribution in [3.05, 3.63) is 35.9 Å². The van der Waals surface area contributed by atoms with Crippen molar-refractivity contribution in [2.24, 2.45) is 0 Å². The van der Waals surface area contributed by atoms with Crippen molar-refractivity contribution in [1.82, 2.24) is 5.32 Å². The van der Waals surface area contributed by atoms with E-state index in [0.717, 1.165) is 19.6 Å². The van der Waals surface area contributed by atoms with Crippen LogP contribution in [0.3, 0.4) is 0 Å². The van der Waals surface area contributed by atoms with Crippen LogP contribution in [-0.2, 0) is 4.74 Å². The van der Waals surface area contributed by atoms with Crippen molar-refractivity contribution in [2.45, 2.75) is 38.3 Å². The Hall–Kier alpha value is -0.860. The fourth-order valence-electron chi connectivity index (χ4n) is 2.29. The third kappa shape index (κ3) is 3.06. The van der Waals surface area contributed by atoms with Crippen LogP contribution in [0.15, 0.2) is 30.3 Å². The molecule has 1 N–H and O–H groups in total. The van der Waals surface area contributed by atoms with Gasteiger partial charge in [0.15, 0.2) is 0 Å². The predicted octanol–water partition coefficient (Wildman–Crippen LogP) is 2.91. The normalized spacial score (nSPS) is 22.9. The van der Waals surface area contributed by atoms with E-state index in [0.29, 0.717) is 12.1 Å². The molecule has 0 radical (unpaired) electrons. The van der Waals surface area contributed by atoms with Crippen LogP contribution in [0.2, 0.25) is 0 Å². The highest BCUT2D eigenvalue weighted by atomic mass is 16.5. The van der Waals surface area contributed by atoms with E-state index in [9.17, 15) is 0 Å². The lowest BCUT2D eigenvalue weighted by atomic mass is 10.0. The van der Waals surface area contributed by atoms with E-state index >= 15 is 0 Å². The number of benzene rings is 1. The first-order chi connectivity index (χ1) is 7.90. The summed E-state index contributed by atoms with van der Waals surface area (Å²) in [6.45, 7) is 4.03. The molecule has 2 atom stereocenters. The van der Waals surface area contributed by atoms with Crippen molar-refractivity contribution < 1.29 is 4.74 Å². The van der Waals surface area contributed by atoms with Crippen molar-refractivity contribution in [3.63, 3.8) is 0 Å². The summed E-state index contributed by atoms with van der Waals surface area (Å²) in [6, 6.07) is 11.7. The third-order valence-electron chi connectivity index (χ3n) is 3.21. The van der Waals surface area contributed by atoms with Gasteiger partial charge in [-0.2, -0.15) is 0 Å². The zero-order chi connectivity index (χ0) is 11.2. The molecule has 1 saturated heterocycles. The smallest absolute Gasteiger partial charge is 0.0619 e. The molecule has 1 aliphatic rings. The van der Waals surface area contributed by atoms with Crippen LogP contribution in [0.25, 0.3) is 0 Å². The molecule has 88 valence electrons. The van der Waals surface area contributed by atoms with Gasteiger partial charge in [-0.3, -0.25) is 0 Å². The maximum atomic E-state index is 5.50. The molecule has 2 unspecified atom stereocenters. The number of rotatable bonds is 4. The van der Waals surface area contributed by atoms with Crippen LogP contribution in [0.5, 0.6) is 0 Å². The first kappa shape index (κ1) is 11.6. The van der Waals surface area contributed by atoms with Gasteiger partial charge in [-0.25, -0.2) is 0 Å². The summed E-state index contributed by atoms with van der Waals surface area (Å²) in [7, 11) is 0. The molecule has 0 aromatic heterocycles. The number of ether oxygens (including phenoxy) is 1. The van der Waals surface area contributed by atoms with Crippen molar-refractivity contribution >= 4 is 0 Å². The van der Waals surface area contributed by atoms with Gasteiger partial charge in [0.2, 0.25) is 0 Å². The zero-order valence-electron chi connectivity index (χ0n) is 9.99. The summed E-state index contributed by atoms with van der Waals surface area (Å²) in [6.07, 6.45) is 3.55. The molecule has 2 heteroatoms. The van der Waals surface area contributed by atoms with Crippen molar-refractivity contribution in [1.29, 1.82) is 0 Å². The molecule has 1 aliphatic heterocycles. The fraction of sp³-hybridized carbons (Fsp3) is 0.571. The van der Waals surface area contributed by atoms with Gasteiger partial charge >= 0.3 is 0 Å². The number of nitrogens with one attached hydrogen (secondary N) is 1. The number of hydrogen-bond donors (Lipinski definition) is 1. The highest BCUT2D eigenvalue weighted by Crippen LogP contribution is 2.18. The van der Waals surface area contributed by atoms with Gasteiger partial charge in [0.25, 0.3) is 0 Å². The lowest BCUT2D eigenvalue weighted by Gasteiger charge is -2.28. The predicted molar refractivity (Wildman–Crippen MR) is 66.5 cm³/mol. The lowest BCUT2D eigenvalue weighted by molar-refractivity contribution is 0.0661. The Morgan fingerprint density at radius 3 is 2.81 bits per heavy atom. The summed E-state index contributed by atoms with van der Waals surface area (Å²) >= 11 is 0.